The van der Waals surface area contributed by atoms with Crippen molar-refractivity contribution in [3.05, 3.63) is 12.2 Å². The minimum Gasteiger partial charge on any atom is -0.478 e. The number of halogens is 9. The smallest absolute Gasteiger partial charge is 0.460 e. The van der Waals surface area contributed by atoms with Gasteiger partial charge in [-0.3, -0.25) is 0 Å². The maximum Gasteiger partial charge on any atom is 0.460 e. The van der Waals surface area contributed by atoms with Gasteiger partial charge >= 0.3 is 35.9 Å². The Morgan fingerprint density at radius 2 is 1.48 bits per heavy atom. The van der Waals surface area contributed by atoms with Crippen LogP contribution in [0.5, 0.6) is 0 Å². The summed E-state index contributed by atoms with van der Waals surface area (Å²) in [7, 11) is 0. The molecule has 13 heteroatoms. The second-order valence-electron chi connectivity index (χ2n) is 6.94. The Hall–Kier alpha value is -1.95. The predicted molar refractivity (Wildman–Crippen MR) is 90.1 cm³/mol. The van der Waals surface area contributed by atoms with Crippen molar-refractivity contribution in [3.63, 3.8) is 0 Å². The number of carboxylic acids is 1. The third-order valence-corrected chi connectivity index (χ3v) is 4.48. The van der Waals surface area contributed by atoms with Crippen LogP contribution in [-0.2, 0) is 14.3 Å². The van der Waals surface area contributed by atoms with Crippen molar-refractivity contribution < 1.29 is 58.9 Å². The normalized spacial score (nSPS) is 15.7. The maximum atomic E-state index is 14.0. The number of alkyl halides is 9. The lowest BCUT2D eigenvalue weighted by Crippen LogP contribution is -2.61. The Kier molecular flexibility index (Phi) is 10.4. The van der Waals surface area contributed by atoms with Gasteiger partial charge in [0.1, 0.15) is 6.10 Å². The number of unbranched alkanes of at least 4 members (excludes halogenated alkanes) is 1. The first kappa shape index (κ1) is 29.1. The topological polar surface area (TPSA) is 63.6 Å². The zero-order valence-electron chi connectivity index (χ0n) is 16.6. The van der Waals surface area contributed by atoms with E-state index in [1.807, 2.05) is 0 Å². The van der Waals surface area contributed by atoms with Crippen LogP contribution < -0.4 is 0 Å². The van der Waals surface area contributed by atoms with Crippen molar-refractivity contribution in [1.29, 1.82) is 0 Å². The van der Waals surface area contributed by atoms with Crippen molar-refractivity contribution in [3.8, 4) is 0 Å². The summed E-state index contributed by atoms with van der Waals surface area (Å²) in [4.78, 5) is 22.0. The zero-order valence-corrected chi connectivity index (χ0v) is 16.6. The fourth-order valence-electron chi connectivity index (χ4n) is 2.69. The Morgan fingerprint density at radius 3 is 1.90 bits per heavy atom. The van der Waals surface area contributed by atoms with E-state index < -0.39 is 60.7 Å². The number of esters is 1. The molecule has 2 atom stereocenters. The van der Waals surface area contributed by atoms with Crippen molar-refractivity contribution >= 4 is 11.9 Å². The molecule has 0 fully saturated rings. The van der Waals surface area contributed by atoms with Crippen molar-refractivity contribution in [2.75, 3.05) is 0 Å². The molecule has 0 aliphatic heterocycles. The molecule has 0 aliphatic rings. The van der Waals surface area contributed by atoms with Gasteiger partial charge < -0.3 is 9.84 Å². The highest BCUT2D eigenvalue weighted by molar-refractivity contribution is 5.90. The average molecular weight is 474 g/mol. The second-order valence-corrected chi connectivity index (χ2v) is 6.94. The van der Waals surface area contributed by atoms with Crippen molar-refractivity contribution in [2.24, 2.45) is 5.92 Å². The lowest BCUT2D eigenvalue weighted by atomic mass is 9.89. The van der Waals surface area contributed by atoms with Crippen LogP contribution in [0, 0.1) is 5.92 Å². The molecule has 0 saturated heterocycles. The molecule has 0 bridgehead atoms. The van der Waals surface area contributed by atoms with Gasteiger partial charge in [-0.15, -0.1) is 0 Å². The monoisotopic (exact) mass is 474 g/mol. The highest BCUT2D eigenvalue weighted by Crippen LogP contribution is 2.54. The summed E-state index contributed by atoms with van der Waals surface area (Å²) in [5.74, 6) is -23.5. The quantitative estimate of drug-likeness (QED) is 0.202. The molecule has 0 aromatic heterocycles. The first-order chi connectivity index (χ1) is 13.9. The van der Waals surface area contributed by atoms with Crippen molar-refractivity contribution in [2.45, 2.75) is 82.4 Å². The number of aliphatic carboxylic acids is 1. The standard InChI is InChI=1S/C18H23F9O4/c1-3-5-6-11(4-2)9-12(31-14(30)8-7-13(28)29)10-15(19,20)16(21,22)17(23,24)18(25,26)27/h7-8,11-12H,3-6,9-10H2,1-2H3,(H,28,29)/b8-7-. The minimum absolute atomic E-state index is 0.248. The lowest BCUT2D eigenvalue weighted by molar-refractivity contribution is -0.398. The SMILES string of the molecule is CCCCC(CC)CC(CC(F)(F)C(F)(F)C(F)(F)C(F)(F)F)OC(=O)/C=C\C(=O)O. The molecule has 0 radical (unpaired) electrons. The Bertz CT molecular complexity index is 630. The highest BCUT2D eigenvalue weighted by atomic mass is 19.4. The largest absolute Gasteiger partial charge is 0.478 e. The fourth-order valence-corrected chi connectivity index (χ4v) is 2.69. The summed E-state index contributed by atoms with van der Waals surface area (Å²) in [6.45, 7) is 3.38. The molecule has 31 heavy (non-hydrogen) atoms. The maximum absolute atomic E-state index is 14.0. The molecule has 2 unspecified atom stereocenters. The van der Waals surface area contributed by atoms with Gasteiger partial charge in [0, 0.05) is 12.2 Å². The van der Waals surface area contributed by atoms with Crippen LogP contribution in [0.4, 0.5) is 39.5 Å². The number of hydrogen-bond acceptors (Lipinski definition) is 3. The summed E-state index contributed by atoms with van der Waals surface area (Å²) in [6, 6.07) is 0. The van der Waals surface area contributed by atoms with Gasteiger partial charge in [-0.1, -0.05) is 39.5 Å². The van der Waals surface area contributed by atoms with Gasteiger partial charge in [0.25, 0.3) is 0 Å². The number of ether oxygens (including phenoxy) is 1. The van der Waals surface area contributed by atoms with E-state index >= 15 is 0 Å². The van der Waals surface area contributed by atoms with Crippen LogP contribution in [0.1, 0.15) is 52.4 Å². The van der Waals surface area contributed by atoms with E-state index in [1.165, 1.54) is 0 Å². The van der Waals surface area contributed by atoms with Gasteiger partial charge in [0.2, 0.25) is 0 Å². The molecular formula is C18H23F9O4. The van der Waals surface area contributed by atoms with Crippen LogP contribution >= 0.6 is 0 Å². The van der Waals surface area contributed by atoms with E-state index in [9.17, 15) is 49.1 Å². The van der Waals surface area contributed by atoms with E-state index in [1.54, 1.807) is 13.8 Å². The van der Waals surface area contributed by atoms with Gasteiger partial charge in [0.15, 0.2) is 0 Å². The second kappa shape index (κ2) is 11.1. The van der Waals surface area contributed by atoms with Gasteiger partial charge in [-0.05, 0) is 12.3 Å². The Balaban J connectivity index is 5.83. The Morgan fingerprint density at radius 1 is 0.935 bits per heavy atom. The average Bonchev–Trinajstić information content (AvgIpc) is 2.61. The first-order valence-electron chi connectivity index (χ1n) is 9.24. The van der Waals surface area contributed by atoms with Gasteiger partial charge in [-0.25, -0.2) is 9.59 Å². The molecule has 0 saturated carbocycles. The van der Waals surface area contributed by atoms with E-state index in [0.29, 0.717) is 25.7 Å². The highest BCUT2D eigenvalue weighted by Gasteiger charge is 2.81. The molecule has 0 heterocycles. The van der Waals surface area contributed by atoms with Gasteiger partial charge in [-0.2, -0.15) is 39.5 Å². The summed E-state index contributed by atoms with van der Waals surface area (Å²) in [6.07, 6.45) is -9.56. The zero-order chi connectivity index (χ0) is 24.7. The molecule has 0 spiro atoms. The predicted octanol–water partition coefficient (Wildman–Crippen LogP) is 6.00. The van der Waals surface area contributed by atoms with Crippen LogP contribution in [0.3, 0.4) is 0 Å². The van der Waals surface area contributed by atoms with E-state index in [4.69, 9.17) is 5.11 Å². The summed E-state index contributed by atoms with van der Waals surface area (Å²) in [5, 5.41) is 8.43. The number of carbonyl (C=O) groups is 2. The summed E-state index contributed by atoms with van der Waals surface area (Å²) < 4.78 is 123. The van der Waals surface area contributed by atoms with E-state index in [-0.39, 0.29) is 12.2 Å². The molecule has 0 aliphatic carbocycles. The molecule has 4 nitrogen and oxygen atoms in total. The fraction of sp³-hybridized carbons (Fsp3) is 0.778. The first-order valence-corrected chi connectivity index (χ1v) is 9.24. The van der Waals surface area contributed by atoms with Gasteiger partial charge in [0.05, 0.1) is 6.42 Å². The summed E-state index contributed by atoms with van der Waals surface area (Å²) >= 11 is 0. The van der Waals surface area contributed by atoms with E-state index in [2.05, 4.69) is 4.74 Å². The van der Waals surface area contributed by atoms with Crippen LogP contribution in [-0.4, -0.2) is 47.1 Å². The molecule has 0 amide bonds. The lowest BCUT2D eigenvalue weighted by Gasteiger charge is -2.35. The number of hydrogen-bond donors (Lipinski definition) is 1. The third kappa shape index (κ3) is 7.91. The number of rotatable bonds is 13. The molecule has 0 aromatic carbocycles. The molecule has 0 rings (SSSR count). The number of carboxylic acid groups (broad SMARTS) is 1. The van der Waals surface area contributed by atoms with Crippen LogP contribution in [0.15, 0.2) is 12.2 Å². The Labute approximate surface area is 172 Å². The molecular weight excluding hydrogens is 451 g/mol. The summed E-state index contributed by atoms with van der Waals surface area (Å²) in [5.41, 5.74) is 0. The van der Waals surface area contributed by atoms with Crippen LogP contribution in [0.25, 0.3) is 0 Å². The number of carbonyl (C=O) groups excluding carboxylic acids is 1. The molecule has 0 aromatic rings. The molecule has 1 N–H and O–H groups in total. The molecule has 182 valence electrons. The van der Waals surface area contributed by atoms with E-state index in [0.717, 1.165) is 0 Å². The van der Waals surface area contributed by atoms with Crippen LogP contribution in [0.2, 0.25) is 0 Å². The van der Waals surface area contributed by atoms with Crippen molar-refractivity contribution in [1.82, 2.24) is 0 Å². The third-order valence-electron chi connectivity index (χ3n) is 4.48. The minimum atomic E-state index is -7.05.